The van der Waals surface area contributed by atoms with Gasteiger partial charge in [0.05, 0.1) is 0 Å². The van der Waals surface area contributed by atoms with Crippen LogP contribution in [-0.2, 0) is 6.54 Å². The zero-order chi connectivity index (χ0) is 12.1. The molecule has 0 bridgehead atoms. The van der Waals surface area contributed by atoms with Gasteiger partial charge in [-0.15, -0.1) is 0 Å². The molecule has 0 heterocycles. The maximum absolute atomic E-state index is 4.08. The highest BCUT2D eigenvalue weighted by Crippen LogP contribution is 2.15. The minimum absolute atomic E-state index is 0.776. The van der Waals surface area contributed by atoms with Crippen molar-refractivity contribution in [3.05, 3.63) is 48.0 Å². The van der Waals surface area contributed by atoms with Crippen LogP contribution in [-0.4, -0.2) is 20.1 Å². The third-order valence-corrected chi connectivity index (χ3v) is 2.73. The SMILES string of the molecule is CN=C(NC)NCc1ccc2ccccc2c1. The van der Waals surface area contributed by atoms with E-state index in [1.807, 2.05) is 7.05 Å². The normalized spacial score (nSPS) is 11.5. The number of hydrogen-bond acceptors (Lipinski definition) is 1. The van der Waals surface area contributed by atoms with Crippen molar-refractivity contribution in [2.24, 2.45) is 4.99 Å². The highest BCUT2D eigenvalue weighted by atomic mass is 15.1. The van der Waals surface area contributed by atoms with Crippen molar-refractivity contribution in [2.75, 3.05) is 14.1 Å². The summed E-state index contributed by atoms with van der Waals surface area (Å²) in [6.07, 6.45) is 0. The number of nitrogens with one attached hydrogen (secondary N) is 2. The predicted octanol–water partition coefficient (Wildman–Crippen LogP) is 2.13. The maximum Gasteiger partial charge on any atom is 0.190 e. The summed E-state index contributed by atoms with van der Waals surface area (Å²) in [4.78, 5) is 4.08. The first kappa shape index (κ1) is 11.5. The van der Waals surface area contributed by atoms with Gasteiger partial charge in [0.15, 0.2) is 5.96 Å². The molecule has 3 heteroatoms. The van der Waals surface area contributed by atoms with E-state index in [4.69, 9.17) is 0 Å². The molecule has 0 saturated heterocycles. The van der Waals surface area contributed by atoms with E-state index >= 15 is 0 Å². The molecule has 0 atom stereocenters. The van der Waals surface area contributed by atoms with Gasteiger partial charge >= 0.3 is 0 Å². The number of guanidine groups is 1. The Balaban J connectivity index is 2.14. The molecule has 0 aliphatic rings. The number of hydrogen-bond donors (Lipinski definition) is 2. The molecule has 0 aromatic heterocycles. The van der Waals surface area contributed by atoms with E-state index < -0.39 is 0 Å². The first-order valence-electron chi connectivity index (χ1n) is 5.69. The number of fused-ring (bicyclic) bond motifs is 1. The van der Waals surface area contributed by atoms with Crippen molar-refractivity contribution in [2.45, 2.75) is 6.54 Å². The second-order valence-electron chi connectivity index (χ2n) is 3.86. The Morgan fingerprint density at radius 3 is 2.59 bits per heavy atom. The lowest BCUT2D eigenvalue weighted by molar-refractivity contribution is 0.867. The quantitative estimate of drug-likeness (QED) is 0.609. The summed E-state index contributed by atoms with van der Waals surface area (Å²) in [5, 5.41) is 8.78. The average molecular weight is 227 g/mol. The molecule has 17 heavy (non-hydrogen) atoms. The van der Waals surface area contributed by atoms with Gasteiger partial charge < -0.3 is 10.6 Å². The van der Waals surface area contributed by atoms with Gasteiger partial charge in [-0.05, 0) is 22.4 Å². The largest absolute Gasteiger partial charge is 0.359 e. The van der Waals surface area contributed by atoms with Gasteiger partial charge in [-0.25, -0.2) is 0 Å². The summed E-state index contributed by atoms with van der Waals surface area (Å²) in [5.74, 6) is 0.804. The molecule has 3 nitrogen and oxygen atoms in total. The molecule has 0 radical (unpaired) electrons. The summed E-state index contributed by atoms with van der Waals surface area (Å²) in [6.45, 7) is 0.776. The first-order chi connectivity index (χ1) is 8.33. The molecule has 88 valence electrons. The molecule has 0 aliphatic carbocycles. The van der Waals surface area contributed by atoms with Gasteiger partial charge in [0.2, 0.25) is 0 Å². The van der Waals surface area contributed by atoms with Crippen LogP contribution < -0.4 is 10.6 Å². The molecule has 0 amide bonds. The van der Waals surface area contributed by atoms with E-state index in [9.17, 15) is 0 Å². The van der Waals surface area contributed by atoms with E-state index in [1.54, 1.807) is 7.05 Å². The van der Waals surface area contributed by atoms with Crippen molar-refractivity contribution in [1.82, 2.24) is 10.6 Å². The fourth-order valence-corrected chi connectivity index (χ4v) is 1.81. The minimum atomic E-state index is 0.776. The van der Waals surface area contributed by atoms with E-state index in [0.29, 0.717) is 0 Å². The smallest absolute Gasteiger partial charge is 0.190 e. The van der Waals surface area contributed by atoms with Gasteiger partial charge in [0.1, 0.15) is 0 Å². The summed E-state index contributed by atoms with van der Waals surface area (Å²) >= 11 is 0. The topological polar surface area (TPSA) is 36.4 Å². The number of nitrogens with zero attached hydrogens (tertiary/aromatic N) is 1. The first-order valence-corrected chi connectivity index (χ1v) is 5.69. The summed E-state index contributed by atoms with van der Waals surface area (Å²) in [7, 11) is 3.62. The molecule has 0 aliphatic heterocycles. The molecule has 0 spiro atoms. The van der Waals surface area contributed by atoms with Crippen molar-refractivity contribution in [3.63, 3.8) is 0 Å². The van der Waals surface area contributed by atoms with E-state index in [1.165, 1.54) is 16.3 Å². The molecule has 0 unspecified atom stereocenters. The molecule has 2 aromatic rings. The Hall–Kier alpha value is -2.03. The lowest BCUT2D eigenvalue weighted by Crippen LogP contribution is -2.34. The van der Waals surface area contributed by atoms with E-state index in [0.717, 1.165) is 12.5 Å². The second kappa shape index (κ2) is 5.34. The van der Waals surface area contributed by atoms with Crippen LogP contribution in [0.25, 0.3) is 10.8 Å². The van der Waals surface area contributed by atoms with Crippen LogP contribution in [0.3, 0.4) is 0 Å². The number of benzene rings is 2. The van der Waals surface area contributed by atoms with Crippen LogP contribution in [0.4, 0.5) is 0 Å². The zero-order valence-corrected chi connectivity index (χ0v) is 10.2. The molecule has 0 fully saturated rings. The van der Waals surface area contributed by atoms with Gasteiger partial charge in [0, 0.05) is 20.6 Å². The zero-order valence-electron chi connectivity index (χ0n) is 10.2. The predicted molar refractivity (Wildman–Crippen MR) is 73.2 cm³/mol. The van der Waals surface area contributed by atoms with Crippen LogP contribution in [0.5, 0.6) is 0 Å². The summed E-state index contributed by atoms with van der Waals surface area (Å²) in [5.41, 5.74) is 1.25. The molecule has 2 aromatic carbocycles. The van der Waals surface area contributed by atoms with Crippen LogP contribution in [0.2, 0.25) is 0 Å². The lowest BCUT2D eigenvalue weighted by Gasteiger charge is -2.09. The Kier molecular flexibility index (Phi) is 3.60. The number of aliphatic imine (C=N–C) groups is 1. The fraction of sp³-hybridized carbons (Fsp3) is 0.214. The molecular weight excluding hydrogens is 210 g/mol. The van der Waals surface area contributed by atoms with Gasteiger partial charge in [0.25, 0.3) is 0 Å². The molecule has 2 N–H and O–H groups in total. The Labute approximate surface area is 102 Å². The lowest BCUT2D eigenvalue weighted by atomic mass is 10.1. The third kappa shape index (κ3) is 2.75. The van der Waals surface area contributed by atoms with Crippen LogP contribution in [0.15, 0.2) is 47.5 Å². The summed E-state index contributed by atoms with van der Waals surface area (Å²) in [6, 6.07) is 14.9. The Morgan fingerprint density at radius 2 is 1.88 bits per heavy atom. The third-order valence-electron chi connectivity index (χ3n) is 2.73. The van der Waals surface area contributed by atoms with Crippen molar-refractivity contribution in [1.29, 1.82) is 0 Å². The molecule has 2 rings (SSSR count). The number of rotatable bonds is 2. The van der Waals surface area contributed by atoms with Gasteiger partial charge in [-0.2, -0.15) is 0 Å². The van der Waals surface area contributed by atoms with Crippen LogP contribution in [0, 0.1) is 0 Å². The molecular formula is C14H17N3. The van der Waals surface area contributed by atoms with Gasteiger partial charge in [-0.3, -0.25) is 4.99 Å². The highest BCUT2D eigenvalue weighted by molar-refractivity contribution is 5.83. The minimum Gasteiger partial charge on any atom is -0.359 e. The van der Waals surface area contributed by atoms with Gasteiger partial charge in [-0.1, -0.05) is 36.4 Å². The second-order valence-corrected chi connectivity index (χ2v) is 3.86. The van der Waals surface area contributed by atoms with Crippen molar-refractivity contribution in [3.8, 4) is 0 Å². The molecule has 0 saturated carbocycles. The van der Waals surface area contributed by atoms with E-state index in [-0.39, 0.29) is 0 Å². The highest BCUT2D eigenvalue weighted by Gasteiger charge is 1.97. The van der Waals surface area contributed by atoms with Crippen molar-refractivity contribution >= 4 is 16.7 Å². The van der Waals surface area contributed by atoms with E-state index in [2.05, 4.69) is 58.1 Å². The Morgan fingerprint density at radius 1 is 1.12 bits per heavy atom. The van der Waals surface area contributed by atoms with Crippen LogP contribution in [0.1, 0.15) is 5.56 Å². The average Bonchev–Trinajstić information content (AvgIpc) is 2.40. The summed E-state index contributed by atoms with van der Waals surface area (Å²) < 4.78 is 0. The van der Waals surface area contributed by atoms with Crippen molar-refractivity contribution < 1.29 is 0 Å². The Bertz CT molecular complexity index is 532. The fourth-order valence-electron chi connectivity index (χ4n) is 1.81. The monoisotopic (exact) mass is 227 g/mol. The van der Waals surface area contributed by atoms with Crippen LogP contribution >= 0.6 is 0 Å². The maximum atomic E-state index is 4.08. The standard InChI is InChI=1S/C14H17N3/c1-15-14(16-2)17-10-11-7-8-12-5-3-4-6-13(12)9-11/h3-9H,10H2,1-2H3,(H2,15,16,17).